The van der Waals surface area contributed by atoms with Gasteiger partial charge in [-0.1, -0.05) is 18.6 Å². The van der Waals surface area contributed by atoms with Crippen LogP contribution in [0.15, 0.2) is 24.3 Å². The lowest BCUT2D eigenvalue weighted by Gasteiger charge is -2.58. The summed E-state index contributed by atoms with van der Waals surface area (Å²) in [6.07, 6.45) is 16.3. The molecule has 1 heterocycles. The molecule has 5 nitrogen and oxygen atoms in total. The van der Waals surface area contributed by atoms with Gasteiger partial charge in [-0.15, -0.1) is 0 Å². The van der Waals surface area contributed by atoms with Gasteiger partial charge in [0.2, 0.25) is 5.79 Å². The van der Waals surface area contributed by atoms with E-state index in [0.29, 0.717) is 17.8 Å². The van der Waals surface area contributed by atoms with Crippen molar-refractivity contribution in [2.24, 2.45) is 23.7 Å². The number of methoxy groups -OCH3 is 1. The van der Waals surface area contributed by atoms with E-state index < -0.39 is 5.79 Å². The maximum Gasteiger partial charge on any atom is 0.207 e. The topological polar surface area (TPSA) is 40.2 Å². The highest BCUT2D eigenvalue weighted by atomic mass is 17.2. The Kier molecular flexibility index (Phi) is 7.90. The van der Waals surface area contributed by atoms with Crippen LogP contribution in [0.25, 0.3) is 0 Å². The van der Waals surface area contributed by atoms with Gasteiger partial charge in [0.25, 0.3) is 0 Å². The van der Waals surface area contributed by atoms with Crippen molar-refractivity contribution in [2.45, 2.75) is 101 Å². The number of hydrogen-bond acceptors (Lipinski definition) is 5. The largest absolute Gasteiger partial charge is 0.494 e. The predicted molar refractivity (Wildman–Crippen MR) is 141 cm³/mol. The third-order valence-corrected chi connectivity index (χ3v) is 10.3. The summed E-state index contributed by atoms with van der Waals surface area (Å²) in [6, 6.07) is 8.88. The lowest BCUT2D eigenvalue weighted by molar-refractivity contribution is -0.485. The van der Waals surface area contributed by atoms with Crippen molar-refractivity contribution in [3.63, 3.8) is 0 Å². The van der Waals surface area contributed by atoms with Crippen molar-refractivity contribution >= 4 is 0 Å². The molecule has 200 valence electrons. The molecule has 5 saturated carbocycles. The van der Waals surface area contributed by atoms with Gasteiger partial charge >= 0.3 is 0 Å². The summed E-state index contributed by atoms with van der Waals surface area (Å²) in [7, 11) is 1.84. The molecule has 0 spiro atoms. The van der Waals surface area contributed by atoms with Gasteiger partial charge in [0.15, 0.2) is 0 Å². The zero-order valence-electron chi connectivity index (χ0n) is 22.4. The van der Waals surface area contributed by atoms with Crippen LogP contribution in [0.2, 0.25) is 0 Å². The molecular weight excluding hydrogens is 450 g/mol. The first kappa shape index (κ1) is 25.2. The first-order valence-corrected chi connectivity index (χ1v) is 15.1. The normalized spacial score (nSPS) is 38.4. The Morgan fingerprint density at radius 1 is 0.833 bits per heavy atom. The van der Waals surface area contributed by atoms with Crippen LogP contribution in [-0.2, 0) is 14.5 Å². The Bertz CT molecular complexity index is 799. The summed E-state index contributed by atoms with van der Waals surface area (Å²) in [5, 5.41) is 0. The summed E-state index contributed by atoms with van der Waals surface area (Å²) < 4.78 is 12.1. The van der Waals surface area contributed by atoms with E-state index in [2.05, 4.69) is 29.2 Å². The summed E-state index contributed by atoms with van der Waals surface area (Å²) in [4.78, 5) is 15.0. The standard InChI is InChI=1S/C31H47NO4/c1-33-31(27-19-23-18-24(21-27)22-28(31)20-23)36-35-30-12-8-26(9-13-30)25-6-10-29(11-7-25)34-17-5-16-32-14-3-2-4-15-32/h6-7,10-11,23-24,26-28,30H,2-5,8-9,12-22H2,1H3/t23?,24?,26-,27?,28?,30+,31?. The summed E-state index contributed by atoms with van der Waals surface area (Å²) in [6.45, 7) is 4.51. The number of nitrogens with zero attached hydrogens (tertiary/aromatic N) is 1. The molecule has 0 aromatic heterocycles. The van der Waals surface area contributed by atoms with Gasteiger partial charge < -0.3 is 14.4 Å². The average Bonchev–Trinajstić information content (AvgIpc) is 2.92. The highest BCUT2D eigenvalue weighted by Crippen LogP contribution is 2.60. The summed E-state index contributed by atoms with van der Waals surface area (Å²) >= 11 is 0. The van der Waals surface area contributed by atoms with Crippen LogP contribution in [0.4, 0.5) is 0 Å². The van der Waals surface area contributed by atoms with Gasteiger partial charge in [0.1, 0.15) is 5.75 Å². The fourth-order valence-corrected chi connectivity index (χ4v) is 8.48. The Morgan fingerprint density at radius 3 is 2.14 bits per heavy atom. The molecule has 0 radical (unpaired) electrons. The van der Waals surface area contributed by atoms with Crippen molar-refractivity contribution in [1.82, 2.24) is 4.90 Å². The minimum atomic E-state index is -0.492. The molecule has 6 aliphatic rings. The van der Waals surface area contributed by atoms with Gasteiger partial charge in [-0.2, -0.15) is 0 Å². The molecule has 0 amide bonds. The number of piperidine rings is 1. The van der Waals surface area contributed by atoms with Crippen LogP contribution in [-0.4, -0.2) is 50.1 Å². The third-order valence-electron chi connectivity index (χ3n) is 10.3. The second-order valence-electron chi connectivity index (χ2n) is 12.6. The lowest BCUT2D eigenvalue weighted by Crippen LogP contribution is -2.60. The molecule has 5 aliphatic carbocycles. The second kappa shape index (κ2) is 11.3. The zero-order chi connectivity index (χ0) is 24.4. The van der Waals surface area contributed by atoms with Crippen LogP contribution in [0.1, 0.15) is 95.0 Å². The smallest absolute Gasteiger partial charge is 0.207 e. The van der Waals surface area contributed by atoms with E-state index in [-0.39, 0.29) is 6.10 Å². The van der Waals surface area contributed by atoms with E-state index in [1.54, 1.807) is 0 Å². The monoisotopic (exact) mass is 497 g/mol. The third kappa shape index (κ3) is 5.36. The average molecular weight is 498 g/mol. The lowest BCUT2D eigenvalue weighted by atomic mass is 9.53. The molecule has 1 aromatic carbocycles. The quantitative estimate of drug-likeness (QED) is 0.155. The molecule has 1 saturated heterocycles. The minimum absolute atomic E-state index is 0.188. The van der Waals surface area contributed by atoms with Crippen LogP contribution in [0.5, 0.6) is 5.75 Å². The van der Waals surface area contributed by atoms with Crippen LogP contribution < -0.4 is 4.74 Å². The molecular formula is C31H47NO4. The molecule has 6 fully saturated rings. The van der Waals surface area contributed by atoms with Gasteiger partial charge in [0.05, 0.1) is 12.7 Å². The van der Waals surface area contributed by atoms with Crippen molar-refractivity contribution in [3.8, 4) is 5.75 Å². The summed E-state index contributed by atoms with van der Waals surface area (Å²) in [5.41, 5.74) is 1.43. The van der Waals surface area contributed by atoms with E-state index in [1.165, 1.54) is 76.6 Å². The molecule has 0 unspecified atom stereocenters. The van der Waals surface area contributed by atoms with E-state index >= 15 is 0 Å². The van der Waals surface area contributed by atoms with Crippen LogP contribution in [0, 0.1) is 23.7 Å². The van der Waals surface area contributed by atoms with Crippen molar-refractivity contribution in [1.29, 1.82) is 0 Å². The fraction of sp³-hybridized carbons (Fsp3) is 0.806. The molecule has 1 aliphatic heterocycles. The minimum Gasteiger partial charge on any atom is -0.494 e. The first-order chi connectivity index (χ1) is 17.7. The molecule has 0 N–H and O–H groups in total. The van der Waals surface area contributed by atoms with Gasteiger partial charge in [-0.05, 0) is 126 Å². The highest BCUT2D eigenvalue weighted by molar-refractivity contribution is 5.29. The predicted octanol–water partition coefficient (Wildman–Crippen LogP) is 6.71. The second-order valence-corrected chi connectivity index (χ2v) is 12.6. The Hall–Kier alpha value is -1.14. The van der Waals surface area contributed by atoms with Crippen molar-refractivity contribution in [2.75, 3.05) is 33.4 Å². The molecule has 0 atom stereocenters. The zero-order valence-corrected chi connectivity index (χ0v) is 22.4. The highest BCUT2D eigenvalue weighted by Gasteiger charge is 2.60. The van der Waals surface area contributed by atoms with Crippen LogP contribution in [0.3, 0.4) is 0 Å². The van der Waals surface area contributed by atoms with Crippen molar-refractivity contribution < 1.29 is 19.2 Å². The van der Waals surface area contributed by atoms with Crippen LogP contribution >= 0.6 is 0 Å². The summed E-state index contributed by atoms with van der Waals surface area (Å²) in [5.74, 6) is 3.94. The molecule has 5 heteroatoms. The Labute approximate surface area is 218 Å². The number of likely N-dealkylation sites (tertiary alicyclic amines) is 1. The molecule has 4 bridgehead atoms. The van der Waals surface area contributed by atoms with Gasteiger partial charge in [0, 0.05) is 25.5 Å². The first-order valence-electron chi connectivity index (χ1n) is 15.1. The maximum absolute atomic E-state index is 6.30. The Balaban J connectivity index is 0.928. The number of ether oxygens (including phenoxy) is 2. The molecule has 7 rings (SSSR count). The fourth-order valence-electron chi connectivity index (χ4n) is 8.48. The van der Waals surface area contributed by atoms with E-state index in [4.69, 9.17) is 19.2 Å². The molecule has 1 aromatic rings. The van der Waals surface area contributed by atoms with E-state index in [9.17, 15) is 0 Å². The number of benzene rings is 1. The van der Waals surface area contributed by atoms with Gasteiger partial charge in [-0.25, -0.2) is 9.78 Å². The maximum atomic E-state index is 6.30. The van der Waals surface area contributed by atoms with E-state index in [0.717, 1.165) is 56.3 Å². The molecule has 36 heavy (non-hydrogen) atoms. The number of rotatable bonds is 10. The number of hydrogen-bond donors (Lipinski definition) is 0. The van der Waals surface area contributed by atoms with E-state index in [1.807, 2.05) is 7.11 Å². The van der Waals surface area contributed by atoms with Crippen molar-refractivity contribution in [3.05, 3.63) is 29.8 Å². The van der Waals surface area contributed by atoms with Gasteiger partial charge in [-0.3, -0.25) is 0 Å². The SMILES string of the molecule is COC1(OO[C@H]2CC[C@@H](c3ccc(OCCCN4CCCCC4)cc3)CC2)C2CC3CC(C2)CC1C3. The Morgan fingerprint density at radius 2 is 1.50 bits per heavy atom.